The Morgan fingerprint density at radius 3 is 1.15 bits per heavy atom. The van der Waals surface area contributed by atoms with Crippen LogP contribution in [0.5, 0.6) is 0 Å². The van der Waals surface area contributed by atoms with Gasteiger partial charge in [0.2, 0.25) is 0 Å². The fourth-order valence-electron chi connectivity index (χ4n) is 7.46. The van der Waals surface area contributed by atoms with Gasteiger partial charge in [-0.1, -0.05) is 106 Å². The highest BCUT2D eigenvalue weighted by Gasteiger charge is 2.52. The number of carbonyl (C=O) groups excluding carboxylic acids is 3. The predicted molar refractivity (Wildman–Crippen MR) is 307 cm³/mol. The summed E-state index contributed by atoms with van der Waals surface area (Å²) in [5.74, 6) is -17.0. The third-order valence-corrected chi connectivity index (χ3v) is 18.2. The molecule has 0 radical (unpaired) electrons. The van der Waals surface area contributed by atoms with E-state index in [9.17, 15) is 40.7 Å². The molecular formula is C63H72F6O7S2+2. The molecule has 8 rings (SSSR count). The number of esters is 3. The first kappa shape index (κ1) is 62.6. The Morgan fingerprint density at radius 2 is 0.821 bits per heavy atom. The zero-order valence-electron chi connectivity index (χ0n) is 46.3. The van der Waals surface area contributed by atoms with E-state index in [0.29, 0.717) is 12.8 Å². The second kappa shape index (κ2) is 26.6. The van der Waals surface area contributed by atoms with Gasteiger partial charge in [-0.3, -0.25) is 9.59 Å². The van der Waals surface area contributed by atoms with Crippen molar-refractivity contribution in [2.75, 3.05) is 19.8 Å². The van der Waals surface area contributed by atoms with E-state index in [2.05, 4.69) is 158 Å². The maximum absolute atomic E-state index is 13.3. The van der Waals surface area contributed by atoms with Crippen molar-refractivity contribution >= 4 is 79.2 Å². The molecule has 0 spiro atoms. The van der Waals surface area contributed by atoms with Gasteiger partial charge < -0.3 is 18.9 Å². The molecule has 2 heterocycles. The number of halogens is 6. The summed E-state index contributed by atoms with van der Waals surface area (Å²) in [7, 11) is 0.119. The largest absolute Gasteiger partial charge is 0.465 e. The number of rotatable bonds is 17. The van der Waals surface area contributed by atoms with Crippen molar-refractivity contribution in [1.82, 2.24) is 0 Å². The van der Waals surface area contributed by atoms with Crippen molar-refractivity contribution in [1.29, 1.82) is 0 Å². The van der Waals surface area contributed by atoms with Crippen molar-refractivity contribution < 1.29 is 59.7 Å². The Labute approximate surface area is 459 Å². The van der Waals surface area contributed by atoms with Gasteiger partial charge in [0.05, 0.1) is 36.6 Å². The highest BCUT2D eigenvalue weighted by Crippen LogP contribution is 2.49. The van der Waals surface area contributed by atoms with Gasteiger partial charge >= 0.3 is 35.5 Å². The molecule has 0 aliphatic heterocycles. The fourth-order valence-corrected chi connectivity index (χ4v) is 12.3. The zero-order chi connectivity index (χ0) is 57.7. The Balaban J connectivity index is 0.000000194. The summed E-state index contributed by atoms with van der Waals surface area (Å²) in [5, 5.41) is 5.58. The van der Waals surface area contributed by atoms with Gasteiger partial charge in [0.25, 0.3) is 5.92 Å². The van der Waals surface area contributed by atoms with E-state index in [1.165, 1.54) is 64.0 Å². The molecule has 2 unspecified atom stereocenters. The lowest BCUT2D eigenvalue weighted by molar-refractivity contribution is -0.253. The summed E-state index contributed by atoms with van der Waals surface area (Å²) in [6.07, 6.45) is -0.353. The minimum absolute atomic E-state index is 0.0594. The molecule has 0 fully saturated rings. The summed E-state index contributed by atoms with van der Waals surface area (Å²) in [4.78, 5) is 38.4. The highest BCUT2D eigenvalue weighted by molar-refractivity contribution is 7.50. The number of carbonyl (C=O) groups is 3. The lowest BCUT2D eigenvalue weighted by Gasteiger charge is -2.32. The summed E-state index contributed by atoms with van der Waals surface area (Å²) in [6.45, 7) is 13.7. The highest BCUT2D eigenvalue weighted by atomic mass is 32.2. The van der Waals surface area contributed by atoms with Gasteiger partial charge in [-0.15, -0.1) is 0 Å². The summed E-state index contributed by atoms with van der Waals surface area (Å²) >= 11 is 0. The first-order valence-electron chi connectivity index (χ1n) is 25.9. The number of benzene rings is 6. The predicted octanol–water partition coefficient (Wildman–Crippen LogP) is 18.7. The lowest BCUT2D eigenvalue weighted by atomic mass is 9.90. The number of hydrogen-bond donors (Lipinski definition) is 0. The van der Waals surface area contributed by atoms with Crippen molar-refractivity contribution in [3.63, 3.8) is 0 Å². The van der Waals surface area contributed by atoms with Crippen LogP contribution in [0.3, 0.4) is 0 Å². The first-order chi connectivity index (χ1) is 36.6. The summed E-state index contributed by atoms with van der Waals surface area (Å²) < 4.78 is 103. The van der Waals surface area contributed by atoms with E-state index < -0.39 is 71.2 Å². The van der Waals surface area contributed by atoms with Gasteiger partial charge in [-0.05, 0) is 127 Å². The molecule has 0 aliphatic rings. The molecule has 0 aliphatic carbocycles. The van der Waals surface area contributed by atoms with Crippen LogP contribution in [0.4, 0.5) is 26.3 Å². The van der Waals surface area contributed by atoms with Gasteiger partial charge in [0.1, 0.15) is 0 Å². The number of alkyl halides is 6. The molecule has 418 valence electrons. The van der Waals surface area contributed by atoms with Crippen LogP contribution >= 0.6 is 20.9 Å². The third kappa shape index (κ3) is 15.5. The van der Waals surface area contributed by atoms with Crippen molar-refractivity contribution in [3.05, 3.63) is 158 Å². The van der Waals surface area contributed by atoms with Gasteiger partial charge in [0, 0.05) is 62.8 Å². The van der Waals surface area contributed by atoms with Gasteiger partial charge in [0.15, 0.2) is 28.6 Å². The van der Waals surface area contributed by atoms with Gasteiger partial charge in [-0.2, -0.15) is 8.78 Å². The molecule has 0 saturated carbocycles. The quantitative estimate of drug-likeness (QED) is 0.0295. The van der Waals surface area contributed by atoms with Crippen LogP contribution in [0, 0.1) is 16.7 Å². The van der Waals surface area contributed by atoms with Crippen LogP contribution in [0.25, 0.3) is 50.1 Å². The van der Waals surface area contributed by atoms with E-state index >= 15 is 0 Å². The standard InChI is InChI=1S/2C18H13S.C16H26F4O5.C11H20F2O2/c2*1-2-8-14(9-3-1)19-17-12-6-4-10-15(17)16-11-5-7-13-18(16)19;1-7-13(3,4)11(21)25-14(5,12(22)23-8-2)24-10-9-16(19,20)15(6,17)18;1-6-10(3,4)9(14)15-7-8(2)11(5,12)13/h2*1-13H;7-10H2,1-6H3;8H,6-7H2,1-5H3/q2*+1;;. The normalized spacial score (nSPS) is 13.2. The molecule has 0 N–H and O–H groups in total. The minimum Gasteiger partial charge on any atom is -0.465 e. The average Bonchev–Trinajstić information content (AvgIpc) is 4.04. The van der Waals surface area contributed by atoms with Crippen LogP contribution in [-0.2, 0) is 33.3 Å². The number of fused-ring (bicyclic) bond motifs is 6. The molecule has 15 heteroatoms. The third-order valence-electron chi connectivity index (χ3n) is 13.5. The van der Waals surface area contributed by atoms with Crippen LogP contribution in [0.1, 0.15) is 95.4 Å². The fraction of sp³-hybridized carbons (Fsp3) is 0.381. The van der Waals surface area contributed by atoms with E-state index in [-0.39, 0.29) is 41.1 Å². The SMILES string of the molecule is CCC(C)(C)C(=O)OCC(C)C(C)(F)F.CCOC(=O)C(C)(OCCC(F)(F)C(C)(F)F)OC(=O)C(C)(C)CC.c1ccc(-[s+]2c3ccccc3c3ccccc32)cc1.c1ccc(-[s+]2c3ccccc3c3ccccc32)cc1. The molecule has 0 saturated heterocycles. The van der Waals surface area contributed by atoms with Crippen LogP contribution in [0.15, 0.2) is 158 Å². The van der Waals surface area contributed by atoms with Crippen molar-refractivity contribution in [2.45, 2.75) is 119 Å². The summed E-state index contributed by atoms with van der Waals surface area (Å²) in [5.41, 5.74) is -1.56. The molecule has 0 bridgehead atoms. The lowest BCUT2D eigenvalue weighted by Crippen LogP contribution is -2.48. The Hall–Kier alpha value is -6.29. The molecular weight excluding hydrogens is 1050 g/mol. The molecule has 2 atom stereocenters. The number of hydrogen-bond acceptors (Lipinski definition) is 7. The van der Waals surface area contributed by atoms with Gasteiger partial charge in [-0.25, -0.2) is 22.4 Å². The molecule has 78 heavy (non-hydrogen) atoms. The number of ether oxygens (including phenoxy) is 4. The van der Waals surface area contributed by atoms with Crippen molar-refractivity contribution in [2.24, 2.45) is 16.7 Å². The van der Waals surface area contributed by atoms with Crippen LogP contribution < -0.4 is 0 Å². The molecule has 0 amide bonds. The second-order valence-electron chi connectivity index (χ2n) is 20.4. The van der Waals surface area contributed by atoms with E-state index in [4.69, 9.17) is 18.9 Å². The minimum atomic E-state index is -4.34. The van der Waals surface area contributed by atoms with Crippen molar-refractivity contribution in [3.8, 4) is 9.79 Å². The van der Waals surface area contributed by atoms with E-state index in [0.717, 1.165) is 13.8 Å². The Bertz CT molecular complexity index is 2980. The number of thiophene rings is 2. The van der Waals surface area contributed by atoms with E-state index in [1.807, 2.05) is 6.92 Å². The maximum atomic E-state index is 13.3. The maximum Gasteiger partial charge on any atom is 0.379 e. The molecule has 8 aromatic rings. The van der Waals surface area contributed by atoms with Crippen LogP contribution in [-0.4, -0.2) is 61.3 Å². The molecule has 7 nitrogen and oxygen atoms in total. The monoisotopic (exact) mass is 1120 g/mol. The Kier molecular flexibility index (Phi) is 21.3. The average molecular weight is 1120 g/mol. The topological polar surface area (TPSA) is 88.1 Å². The van der Waals surface area contributed by atoms with Crippen LogP contribution in [0.2, 0.25) is 0 Å². The Morgan fingerprint density at radius 1 is 0.474 bits per heavy atom. The summed E-state index contributed by atoms with van der Waals surface area (Å²) in [6, 6.07) is 56.8. The first-order valence-corrected chi connectivity index (χ1v) is 28.4. The molecule has 6 aromatic carbocycles. The van der Waals surface area contributed by atoms with E-state index in [1.54, 1.807) is 34.6 Å². The second-order valence-corrected chi connectivity index (χ2v) is 24.3. The zero-order valence-corrected chi connectivity index (χ0v) is 47.9. The molecule has 2 aromatic heterocycles. The smallest absolute Gasteiger partial charge is 0.379 e.